The molecule has 0 atom stereocenters. The summed E-state index contributed by atoms with van der Waals surface area (Å²) in [5, 5.41) is 14.8. The number of halogens is 4. The van der Waals surface area contributed by atoms with Crippen LogP contribution in [0.3, 0.4) is 0 Å². The lowest BCUT2D eigenvalue weighted by Gasteiger charge is -2.28. The number of nitrogens with zero attached hydrogens (tertiary/aromatic N) is 3. The highest BCUT2D eigenvalue weighted by Gasteiger charge is 2.32. The molecule has 1 aliphatic carbocycles. The maximum absolute atomic E-state index is 13.1. The van der Waals surface area contributed by atoms with E-state index >= 15 is 0 Å². The van der Waals surface area contributed by atoms with Crippen molar-refractivity contribution in [3.8, 4) is 6.07 Å². The molecule has 9 heteroatoms. The van der Waals surface area contributed by atoms with Gasteiger partial charge in [-0.1, -0.05) is 23.7 Å². The van der Waals surface area contributed by atoms with Crippen LogP contribution in [0.1, 0.15) is 59.9 Å². The number of aromatic amines is 1. The summed E-state index contributed by atoms with van der Waals surface area (Å²) in [6, 6.07) is 12.9. The molecule has 5 rings (SSSR count). The van der Waals surface area contributed by atoms with Gasteiger partial charge in [0.15, 0.2) is 5.65 Å². The van der Waals surface area contributed by atoms with Gasteiger partial charge in [0.2, 0.25) is 0 Å². The van der Waals surface area contributed by atoms with Crippen molar-refractivity contribution in [3.63, 3.8) is 0 Å². The molecule has 5 nitrogen and oxygen atoms in total. The van der Waals surface area contributed by atoms with Crippen molar-refractivity contribution in [3.05, 3.63) is 80.2 Å². The Labute approximate surface area is 191 Å². The highest BCUT2D eigenvalue weighted by molar-refractivity contribution is 6.30. The zero-order valence-electron chi connectivity index (χ0n) is 17.3. The van der Waals surface area contributed by atoms with Gasteiger partial charge in [0.25, 0.3) is 5.56 Å². The average Bonchev–Trinajstić information content (AvgIpc) is 3.18. The van der Waals surface area contributed by atoms with Crippen molar-refractivity contribution in [2.75, 3.05) is 0 Å². The van der Waals surface area contributed by atoms with E-state index < -0.39 is 17.3 Å². The molecule has 1 N–H and O–H groups in total. The lowest BCUT2D eigenvalue weighted by Crippen LogP contribution is -2.17. The van der Waals surface area contributed by atoms with E-state index in [0.717, 1.165) is 42.3 Å². The lowest BCUT2D eigenvalue weighted by molar-refractivity contribution is -0.137. The van der Waals surface area contributed by atoms with Gasteiger partial charge >= 0.3 is 6.18 Å². The molecular weight excluding hydrogens is 453 g/mol. The second-order valence-electron chi connectivity index (χ2n) is 8.42. The minimum atomic E-state index is -4.56. The molecule has 2 heterocycles. The van der Waals surface area contributed by atoms with E-state index in [0.29, 0.717) is 16.6 Å². The van der Waals surface area contributed by atoms with Crippen LogP contribution < -0.4 is 5.56 Å². The summed E-state index contributed by atoms with van der Waals surface area (Å²) in [7, 11) is 0. The van der Waals surface area contributed by atoms with Crippen LogP contribution in [0.5, 0.6) is 0 Å². The SMILES string of the molecule is N#Cc1c(C2CCC(c3ccc(Cl)cc3)CC2)nn2c(=O)c3cc(C(F)(F)F)ccc3[nH]c12. The summed E-state index contributed by atoms with van der Waals surface area (Å²) in [5.74, 6) is 0.371. The third-order valence-electron chi connectivity index (χ3n) is 6.50. The monoisotopic (exact) mass is 470 g/mol. The van der Waals surface area contributed by atoms with Crippen LogP contribution in [0.4, 0.5) is 13.2 Å². The third-order valence-corrected chi connectivity index (χ3v) is 6.75. The van der Waals surface area contributed by atoms with Gasteiger partial charge in [-0.05, 0) is 67.5 Å². The molecule has 0 saturated heterocycles. The van der Waals surface area contributed by atoms with E-state index in [1.807, 2.05) is 24.3 Å². The van der Waals surface area contributed by atoms with Gasteiger partial charge in [0.1, 0.15) is 11.6 Å². The van der Waals surface area contributed by atoms with E-state index in [9.17, 15) is 23.2 Å². The first-order valence-electron chi connectivity index (χ1n) is 10.6. The minimum Gasteiger partial charge on any atom is -0.338 e. The second kappa shape index (κ2) is 7.92. The molecule has 33 heavy (non-hydrogen) atoms. The molecule has 0 unspecified atom stereocenters. The zero-order chi connectivity index (χ0) is 23.3. The molecule has 1 saturated carbocycles. The van der Waals surface area contributed by atoms with E-state index in [1.165, 1.54) is 11.6 Å². The Morgan fingerprint density at radius 1 is 1.06 bits per heavy atom. The van der Waals surface area contributed by atoms with Crippen LogP contribution in [-0.4, -0.2) is 14.6 Å². The van der Waals surface area contributed by atoms with Gasteiger partial charge in [0, 0.05) is 10.9 Å². The van der Waals surface area contributed by atoms with Crippen molar-refractivity contribution in [2.24, 2.45) is 0 Å². The summed E-state index contributed by atoms with van der Waals surface area (Å²) in [4.78, 5) is 15.9. The number of hydrogen-bond acceptors (Lipinski definition) is 3. The molecule has 0 bridgehead atoms. The maximum atomic E-state index is 13.1. The Morgan fingerprint density at radius 3 is 2.36 bits per heavy atom. The predicted molar refractivity (Wildman–Crippen MR) is 118 cm³/mol. The van der Waals surface area contributed by atoms with Crippen LogP contribution in [0.2, 0.25) is 5.02 Å². The Bertz CT molecular complexity index is 1460. The number of alkyl halides is 3. The molecular formula is C24H18ClF3N4O. The van der Waals surface area contributed by atoms with Crippen LogP contribution in [0, 0.1) is 11.3 Å². The summed E-state index contributed by atoms with van der Waals surface area (Å²) in [6.45, 7) is 0. The average molecular weight is 471 g/mol. The van der Waals surface area contributed by atoms with Gasteiger partial charge in [0.05, 0.1) is 22.2 Å². The first-order chi connectivity index (χ1) is 15.8. The number of hydrogen-bond donors (Lipinski definition) is 1. The largest absolute Gasteiger partial charge is 0.416 e. The highest BCUT2D eigenvalue weighted by Crippen LogP contribution is 2.41. The zero-order valence-corrected chi connectivity index (χ0v) is 18.0. The summed E-state index contributed by atoms with van der Waals surface area (Å²) < 4.78 is 40.4. The van der Waals surface area contributed by atoms with E-state index in [2.05, 4.69) is 16.2 Å². The van der Waals surface area contributed by atoms with E-state index in [-0.39, 0.29) is 28.0 Å². The number of rotatable bonds is 2. The van der Waals surface area contributed by atoms with Crippen LogP contribution in [0.15, 0.2) is 47.3 Å². The fourth-order valence-electron chi connectivity index (χ4n) is 4.78. The summed E-state index contributed by atoms with van der Waals surface area (Å²) in [6.07, 6.45) is -1.19. The number of nitriles is 1. The van der Waals surface area contributed by atoms with Crippen molar-refractivity contribution in [2.45, 2.75) is 43.7 Å². The fourth-order valence-corrected chi connectivity index (χ4v) is 4.90. The number of H-pyrrole nitrogens is 1. The number of benzene rings is 2. The Morgan fingerprint density at radius 2 is 1.73 bits per heavy atom. The molecule has 0 radical (unpaired) electrons. The predicted octanol–water partition coefficient (Wildman–Crippen LogP) is 6.16. The minimum absolute atomic E-state index is 0.00949. The van der Waals surface area contributed by atoms with E-state index in [4.69, 9.17) is 11.6 Å². The molecule has 1 aliphatic rings. The topological polar surface area (TPSA) is 74.0 Å². The fraction of sp³-hybridized carbons (Fsp3) is 0.292. The number of nitrogens with one attached hydrogen (secondary N) is 1. The standard InChI is InChI=1S/C24H18ClF3N4O/c25-17-8-5-14(6-9-17)13-1-3-15(4-2-13)21-19(12-29)22-30-20-10-7-16(24(26,27)28)11-18(20)23(33)32(22)31-21/h5-11,13,15,30H,1-4H2. The summed E-state index contributed by atoms with van der Waals surface area (Å²) >= 11 is 5.98. The van der Waals surface area contributed by atoms with Gasteiger partial charge in [-0.2, -0.15) is 28.0 Å². The van der Waals surface area contributed by atoms with Crippen molar-refractivity contribution in [1.82, 2.24) is 14.6 Å². The van der Waals surface area contributed by atoms with Crippen molar-refractivity contribution in [1.29, 1.82) is 5.26 Å². The van der Waals surface area contributed by atoms with Crippen LogP contribution in [0.25, 0.3) is 16.6 Å². The summed E-state index contributed by atoms with van der Waals surface area (Å²) in [5.41, 5.74) is 0.862. The van der Waals surface area contributed by atoms with Gasteiger partial charge < -0.3 is 4.98 Å². The first kappa shape index (κ1) is 21.5. The Kier molecular flexibility index (Phi) is 5.17. The van der Waals surface area contributed by atoms with Crippen molar-refractivity contribution < 1.29 is 13.2 Å². The molecule has 0 aliphatic heterocycles. The highest BCUT2D eigenvalue weighted by atomic mass is 35.5. The Hall–Kier alpha value is -3.31. The molecule has 168 valence electrons. The third kappa shape index (κ3) is 3.76. The number of fused-ring (bicyclic) bond motifs is 2. The van der Waals surface area contributed by atoms with Gasteiger partial charge in [-0.15, -0.1) is 0 Å². The molecule has 1 fully saturated rings. The van der Waals surface area contributed by atoms with Gasteiger partial charge in [-0.3, -0.25) is 4.79 Å². The normalized spacial score (nSPS) is 19.1. The lowest BCUT2D eigenvalue weighted by atomic mass is 9.77. The van der Waals surface area contributed by atoms with Gasteiger partial charge in [-0.25, -0.2) is 0 Å². The molecule has 2 aromatic heterocycles. The van der Waals surface area contributed by atoms with Crippen LogP contribution >= 0.6 is 11.6 Å². The second-order valence-corrected chi connectivity index (χ2v) is 8.86. The quantitative estimate of drug-likeness (QED) is 0.381. The smallest absolute Gasteiger partial charge is 0.338 e. The van der Waals surface area contributed by atoms with Crippen LogP contribution in [-0.2, 0) is 6.18 Å². The molecule has 4 aromatic rings. The maximum Gasteiger partial charge on any atom is 0.416 e. The van der Waals surface area contributed by atoms with E-state index in [1.54, 1.807) is 0 Å². The molecule has 0 spiro atoms. The number of aromatic nitrogens is 3. The first-order valence-corrected chi connectivity index (χ1v) is 11.0. The molecule has 0 amide bonds. The van der Waals surface area contributed by atoms with Crippen molar-refractivity contribution >= 4 is 28.2 Å². The molecule has 2 aromatic carbocycles. The Balaban J connectivity index is 1.52.